The van der Waals surface area contributed by atoms with Crippen LogP contribution in [0.4, 0.5) is 0 Å². The molecule has 0 aliphatic rings. The van der Waals surface area contributed by atoms with Crippen LogP contribution in [0.3, 0.4) is 0 Å². The molecule has 0 spiro atoms. The minimum atomic E-state index is 0.111. The van der Waals surface area contributed by atoms with Gasteiger partial charge in [-0.15, -0.1) is 0 Å². The van der Waals surface area contributed by atoms with Crippen molar-refractivity contribution in [1.82, 2.24) is 0 Å². The summed E-state index contributed by atoms with van der Waals surface area (Å²) < 4.78 is 0. The molecule has 0 saturated heterocycles. The third-order valence-corrected chi connectivity index (χ3v) is 10.6. The third-order valence-electron chi connectivity index (χ3n) is 10.6. The summed E-state index contributed by atoms with van der Waals surface area (Å²) >= 11 is 0. The molecule has 0 heterocycles. The summed E-state index contributed by atoms with van der Waals surface area (Å²) in [5.74, 6) is 0. The molecule has 0 heteroatoms. The Bertz CT molecular complexity index is 2260. The molecular weight excluding hydrogens is 504 g/mol. The minimum absolute atomic E-state index is 0.111. The first-order valence-electron chi connectivity index (χ1n) is 15.5. The summed E-state index contributed by atoms with van der Waals surface area (Å²) in [7, 11) is 0. The van der Waals surface area contributed by atoms with Gasteiger partial charge in [0, 0.05) is 0 Å². The Balaban J connectivity index is 1.64. The molecule has 0 atom stereocenters. The van der Waals surface area contributed by atoms with Crippen LogP contribution in [-0.4, -0.2) is 0 Å². The van der Waals surface area contributed by atoms with Gasteiger partial charge in [-0.3, -0.25) is 0 Å². The standard InChI is InChI=1S/C42H40/c1-21-15-31-29-19-36-28-14-12-26(42(8,9)10)18-34(28)38-24(4)22(2)16-32(40(36)38)30(29)20-35-27-13-11-25(41(5,6)7)17-33(27)37(23(21)3)39(31)35/h11-20H,1-10H3. The van der Waals surface area contributed by atoms with E-state index >= 15 is 0 Å². The van der Waals surface area contributed by atoms with Crippen molar-refractivity contribution in [2.45, 2.75) is 80.1 Å². The molecule has 0 N–H and O–H groups in total. The highest BCUT2D eigenvalue weighted by Gasteiger charge is 2.24. The SMILES string of the molecule is Cc1cc2c3cc4c5ccc(C(C)(C)C)cc5c5c(C)c(C)cc(c3cc3c6ccc(C(C)(C)C)cc6c(c1C)c23)c45. The van der Waals surface area contributed by atoms with Crippen LogP contribution >= 0.6 is 0 Å². The first kappa shape index (κ1) is 25.8. The number of aryl methyl sites for hydroxylation is 4. The normalized spacial score (nSPS) is 13.5. The fourth-order valence-corrected chi connectivity index (χ4v) is 7.85. The predicted octanol–water partition coefficient (Wildman–Crippen LogP) is 12.5. The molecule has 0 aliphatic carbocycles. The van der Waals surface area contributed by atoms with E-state index in [1.165, 1.54) is 109 Å². The first-order valence-corrected chi connectivity index (χ1v) is 15.5. The van der Waals surface area contributed by atoms with Crippen molar-refractivity contribution < 1.29 is 0 Å². The summed E-state index contributed by atoms with van der Waals surface area (Å²) in [6.45, 7) is 23.1. The topological polar surface area (TPSA) is 0 Å². The second-order valence-electron chi connectivity index (χ2n) is 15.2. The lowest BCUT2D eigenvalue weighted by Crippen LogP contribution is -2.10. The predicted molar refractivity (Wildman–Crippen MR) is 188 cm³/mol. The van der Waals surface area contributed by atoms with E-state index in [0.29, 0.717) is 0 Å². The molecule has 0 saturated carbocycles. The molecule has 0 aliphatic heterocycles. The van der Waals surface area contributed by atoms with Crippen molar-refractivity contribution in [2.75, 3.05) is 0 Å². The zero-order valence-electron chi connectivity index (χ0n) is 26.8. The Morgan fingerprint density at radius 3 is 1.02 bits per heavy atom. The van der Waals surface area contributed by atoms with Crippen molar-refractivity contribution in [2.24, 2.45) is 0 Å². The van der Waals surface area contributed by atoms with Crippen LogP contribution in [-0.2, 0) is 10.8 Å². The first-order chi connectivity index (χ1) is 19.8. The average Bonchev–Trinajstić information content (AvgIpc) is 3.43. The summed E-state index contributed by atoms with van der Waals surface area (Å²) in [6, 6.07) is 24.4. The lowest BCUT2D eigenvalue weighted by Gasteiger charge is -2.19. The average molecular weight is 545 g/mol. The van der Waals surface area contributed by atoms with Gasteiger partial charge in [-0.05, 0) is 172 Å². The van der Waals surface area contributed by atoms with Gasteiger partial charge in [0.1, 0.15) is 0 Å². The van der Waals surface area contributed by atoms with E-state index in [9.17, 15) is 0 Å². The highest BCUT2D eigenvalue weighted by atomic mass is 14.3. The maximum Gasteiger partial charge on any atom is -0.00170 e. The second-order valence-corrected chi connectivity index (χ2v) is 15.2. The van der Waals surface area contributed by atoms with E-state index in [2.05, 4.69) is 130 Å². The Kier molecular flexibility index (Phi) is 4.87. The van der Waals surface area contributed by atoms with Gasteiger partial charge in [0.25, 0.3) is 0 Å². The maximum atomic E-state index is 2.53. The number of rotatable bonds is 0. The monoisotopic (exact) mass is 544 g/mol. The molecule has 0 radical (unpaired) electrons. The lowest BCUT2D eigenvalue weighted by molar-refractivity contribution is 0.591. The smallest absolute Gasteiger partial charge is 0.00170 e. The fourth-order valence-electron chi connectivity index (χ4n) is 7.85. The highest BCUT2D eigenvalue weighted by Crippen LogP contribution is 2.50. The van der Waals surface area contributed by atoms with E-state index in [-0.39, 0.29) is 10.8 Å². The zero-order valence-corrected chi connectivity index (χ0v) is 26.8. The molecule has 8 rings (SSSR count). The van der Waals surface area contributed by atoms with Crippen LogP contribution in [0.25, 0.3) is 75.4 Å². The van der Waals surface area contributed by atoms with Gasteiger partial charge in [0.15, 0.2) is 0 Å². The summed E-state index contributed by atoms with van der Waals surface area (Å²) in [5.41, 5.74) is 8.58. The van der Waals surface area contributed by atoms with Crippen LogP contribution in [0.15, 0.2) is 60.7 Å². The van der Waals surface area contributed by atoms with Gasteiger partial charge in [0.2, 0.25) is 0 Å². The third kappa shape index (κ3) is 3.19. The number of benzene rings is 6. The van der Waals surface area contributed by atoms with E-state index in [0.717, 1.165) is 0 Å². The van der Waals surface area contributed by atoms with Crippen LogP contribution in [0.2, 0.25) is 0 Å². The van der Waals surface area contributed by atoms with Gasteiger partial charge in [-0.1, -0.05) is 77.9 Å². The molecule has 208 valence electrons. The molecule has 8 aromatic rings. The molecule has 0 amide bonds. The molecule has 8 aromatic carbocycles. The Morgan fingerprint density at radius 1 is 0.333 bits per heavy atom. The Morgan fingerprint density at radius 2 is 0.667 bits per heavy atom. The fraction of sp³-hybridized carbons (Fsp3) is 0.286. The van der Waals surface area contributed by atoms with Crippen molar-refractivity contribution in [3.8, 4) is 0 Å². The molecule has 0 nitrogen and oxygen atoms in total. The van der Waals surface area contributed by atoms with E-state index in [4.69, 9.17) is 0 Å². The van der Waals surface area contributed by atoms with Gasteiger partial charge < -0.3 is 0 Å². The molecule has 0 unspecified atom stereocenters. The van der Waals surface area contributed by atoms with Gasteiger partial charge >= 0.3 is 0 Å². The summed E-state index contributed by atoms with van der Waals surface area (Å²) in [6.07, 6.45) is 0. The van der Waals surface area contributed by atoms with E-state index in [1.54, 1.807) is 0 Å². The minimum Gasteiger partial charge on any atom is -0.0578 e. The van der Waals surface area contributed by atoms with E-state index in [1.807, 2.05) is 0 Å². The Labute approximate surface area is 249 Å². The molecule has 42 heavy (non-hydrogen) atoms. The van der Waals surface area contributed by atoms with Crippen LogP contribution in [0, 0.1) is 27.7 Å². The van der Waals surface area contributed by atoms with Gasteiger partial charge in [0.05, 0.1) is 0 Å². The van der Waals surface area contributed by atoms with Crippen molar-refractivity contribution in [3.05, 3.63) is 94.0 Å². The van der Waals surface area contributed by atoms with Gasteiger partial charge in [-0.25, -0.2) is 0 Å². The Hall–Kier alpha value is -3.90. The number of hydrogen-bond acceptors (Lipinski definition) is 0. The lowest BCUT2D eigenvalue weighted by atomic mass is 9.86. The van der Waals surface area contributed by atoms with Crippen molar-refractivity contribution in [1.29, 1.82) is 0 Å². The molecule has 0 aromatic heterocycles. The van der Waals surface area contributed by atoms with Crippen LogP contribution in [0.5, 0.6) is 0 Å². The van der Waals surface area contributed by atoms with Crippen molar-refractivity contribution in [3.63, 3.8) is 0 Å². The second kappa shape index (κ2) is 7.93. The summed E-state index contributed by atoms with van der Waals surface area (Å²) in [4.78, 5) is 0. The van der Waals surface area contributed by atoms with Crippen molar-refractivity contribution >= 4 is 75.4 Å². The zero-order chi connectivity index (χ0) is 29.6. The molecule has 0 fully saturated rings. The largest absolute Gasteiger partial charge is 0.0578 e. The molecular formula is C42H40. The number of hydrogen-bond donors (Lipinski definition) is 0. The maximum absolute atomic E-state index is 2.53. The van der Waals surface area contributed by atoms with E-state index < -0.39 is 0 Å². The summed E-state index contributed by atoms with van der Waals surface area (Å²) in [5, 5.41) is 19.7. The van der Waals surface area contributed by atoms with Crippen LogP contribution < -0.4 is 0 Å². The van der Waals surface area contributed by atoms with Crippen LogP contribution in [0.1, 0.15) is 74.9 Å². The highest BCUT2D eigenvalue weighted by molar-refractivity contribution is 6.41. The quantitative estimate of drug-likeness (QED) is 0.167. The van der Waals surface area contributed by atoms with Gasteiger partial charge in [-0.2, -0.15) is 0 Å². The molecule has 0 bridgehead atoms. The number of fused-ring (bicyclic) bond motifs is 9.